The Kier molecular flexibility index (Phi) is 10.1. The van der Waals surface area contributed by atoms with E-state index >= 15 is 0 Å². The van der Waals surface area contributed by atoms with Gasteiger partial charge in [-0.25, -0.2) is 0 Å². The van der Waals surface area contributed by atoms with Crippen LogP contribution in [0.5, 0.6) is 0 Å². The Labute approximate surface area is 122 Å². The van der Waals surface area contributed by atoms with Crippen molar-refractivity contribution in [3.8, 4) is 0 Å². The molecule has 7 heteroatoms. The molecule has 0 aliphatic rings. The van der Waals surface area contributed by atoms with Crippen LogP contribution in [0.3, 0.4) is 0 Å². The average molecular weight is 233 g/mol. The minimum absolute atomic E-state index is 0. The van der Waals surface area contributed by atoms with Gasteiger partial charge in [-0.3, -0.25) is 8.98 Å². The summed E-state index contributed by atoms with van der Waals surface area (Å²) in [4.78, 5) is 10.1. The van der Waals surface area contributed by atoms with Crippen molar-refractivity contribution in [3.63, 3.8) is 0 Å². The molecule has 0 bridgehead atoms. The van der Waals surface area contributed by atoms with Crippen molar-refractivity contribution >= 4 is 16.0 Å². The number of hydrogen-bond donors (Lipinski definition) is 1. The average Bonchev–Trinajstić information content (AvgIpc) is 1.98. The first-order valence-corrected chi connectivity index (χ1v) is 4.82. The van der Waals surface area contributed by atoms with Crippen LogP contribution in [0, 0.1) is 0 Å². The van der Waals surface area contributed by atoms with Crippen molar-refractivity contribution in [2.75, 3.05) is 6.61 Å². The molecule has 5 nitrogen and oxygen atoms in total. The minimum Gasteiger partial charge on any atom is -1.00 e. The molecule has 0 aliphatic heterocycles. The van der Waals surface area contributed by atoms with Crippen LogP contribution in [0.1, 0.15) is 14.8 Å². The summed E-state index contributed by atoms with van der Waals surface area (Å²) in [5, 5.41) is 0.644. The monoisotopic (exact) mass is 233 g/mol. The molecule has 0 aliphatic carbocycles. The van der Waals surface area contributed by atoms with Crippen LogP contribution < -0.4 is 57.1 Å². The maximum absolute atomic E-state index is 10.8. The second-order valence-corrected chi connectivity index (χ2v) is 3.51. The maximum atomic E-state index is 10.8. The van der Waals surface area contributed by atoms with Gasteiger partial charge in [0.05, 0.1) is 12.0 Å². The van der Waals surface area contributed by atoms with Crippen molar-refractivity contribution in [1.29, 1.82) is 0 Å². The molecule has 0 unspecified atom stereocenters. The number of amides is 1. The summed E-state index contributed by atoms with van der Waals surface area (Å²) in [5.41, 5.74) is 4.68. The molecule has 0 radical (unpaired) electrons. The predicted molar refractivity (Wildman–Crippen MR) is 44.6 cm³/mol. The maximum Gasteiger partial charge on any atom is 1.00 e. The summed E-state index contributed by atoms with van der Waals surface area (Å²) in [7, 11) is -3.72. The van der Waals surface area contributed by atoms with E-state index in [0.717, 1.165) is 6.08 Å². The van der Waals surface area contributed by atoms with E-state index in [2.05, 4.69) is 9.92 Å². The molecule has 0 aromatic rings. The van der Waals surface area contributed by atoms with E-state index in [1.165, 1.54) is 0 Å². The summed E-state index contributed by atoms with van der Waals surface area (Å²) in [6, 6.07) is 0. The van der Waals surface area contributed by atoms with E-state index in [4.69, 9.17) is 0 Å². The first-order chi connectivity index (χ1) is 5.48. The molecule has 0 atom stereocenters. The van der Waals surface area contributed by atoms with Gasteiger partial charge in [0.25, 0.3) is 10.1 Å². The van der Waals surface area contributed by atoms with Gasteiger partial charge >= 0.3 is 51.4 Å². The fraction of sp³-hybridized carbons (Fsp3) is 0.500. The SMILES string of the molecule is CCCOS(=O)(=O)C=CC(N)=O.[H-].[K+]. The molecular weight excluding hydrogens is 221 g/mol. The third-order valence-electron chi connectivity index (χ3n) is 0.851. The van der Waals surface area contributed by atoms with Gasteiger partial charge in [0, 0.05) is 6.08 Å². The van der Waals surface area contributed by atoms with Crippen LogP contribution in [0.4, 0.5) is 0 Å². The Morgan fingerprint density at radius 3 is 2.54 bits per heavy atom. The van der Waals surface area contributed by atoms with Gasteiger partial charge in [-0.2, -0.15) is 8.42 Å². The Morgan fingerprint density at radius 1 is 1.62 bits per heavy atom. The molecular formula is C6H12KNO4S. The third kappa shape index (κ3) is 10.7. The van der Waals surface area contributed by atoms with Gasteiger partial charge in [-0.05, 0) is 6.42 Å². The van der Waals surface area contributed by atoms with E-state index in [-0.39, 0.29) is 59.4 Å². The van der Waals surface area contributed by atoms with E-state index < -0.39 is 16.0 Å². The van der Waals surface area contributed by atoms with Gasteiger partial charge in [0.2, 0.25) is 5.91 Å². The topological polar surface area (TPSA) is 86.5 Å². The Hall–Kier alpha value is 0.756. The molecule has 0 saturated heterocycles. The molecule has 0 fully saturated rings. The molecule has 0 spiro atoms. The number of carbonyl (C=O) groups excluding carboxylic acids is 1. The summed E-state index contributed by atoms with van der Waals surface area (Å²) < 4.78 is 26.0. The largest absolute Gasteiger partial charge is 1.00 e. The zero-order valence-corrected chi connectivity index (χ0v) is 11.6. The van der Waals surface area contributed by atoms with Gasteiger partial charge < -0.3 is 7.16 Å². The van der Waals surface area contributed by atoms with Crippen molar-refractivity contribution in [3.05, 3.63) is 11.5 Å². The fourth-order valence-corrected chi connectivity index (χ4v) is 1.17. The first-order valence-electron chi connectivity index (χ1n) is 3.35. The number of hydrogen-bond acceptors (Lipinski definition) is 4. The number of carbonyl (C=O) groups is 1. The number of primary amides is 1. The summed E-state index contributed by atoms with van der Waals surface area (Å²) >= 11 is 0. The quantitative estimate of drug-likeness (QED) is 0.309. The van der Waals surface area contributed by atoms with E-state index in [9.17, 15) is 13.2 Å². The van der Waals surface area contributed by atoms with Crippen molar-refractivity contribution in [2.45, 2.75) is 13.3 Å². The molecule has 0 rings (SSSR count). The molecule has 0 saturated carbocycles. The molecule has 72 valence electrons. The van der Waals surface area contributed by atoms with Crippen LogP contribution in [0.15, 0.2) is 11.5 Å². The van der Waals surface area contributed by atoms with E-state index in [1.54, 1.807) is 6.92 Å². The summed E-state index contributed by atoms with van der Waals surface area (Å²) in [6.07, 6.45) is 1.33. The van der Waals surface area contributed by atoms with Gasteiger partial charge in [0.15, 0.2) is 0 Å². The zero-order valence-electron chi connectivity index (χ0n) is 8.69. The van der Waals surface area contributed by atoms with Crippen LogP contribution in [0.2, 0.25) is 0 Å². The van der Waals surface area contributed by atoms with Gasteiger partial charge in [0.1, 0.15) is 0 Å². The predicted octanol–water partition coefficient (Wildman–Crippen LogP) is -3.14. The van der Waals surface area contributed by atoms with Gasteiger partial charge in [-0.1, -0.05) is 6.92 Å². The van der Waals surface area contributed by atoms with Gasteiger partial charge in [-0.15, -0.1) is 0 Å². The summed E-state index contributed by atoms with van der Waals surface area (Å²) in [6.45, 7) is 1.87. The first kappa shape index (κ1) is 16.2. The van der Waals surface area contributed by atoms with E-state index in [0.29, 0.717) is 11.8 Å². The smallest absolute Gasteiger partial charge is 1.00 e. The molecule has 1 amide bonds. The van der Waals surface area contributed by atoms with Crippen LogP contribution in [0.25, 0.3) is 0 Å². The standard InChI is InChI=1S/C6H11NO4S.K.H/c1-2-4-11-12(9,10)5-3-6(7)8;;/h3,5H,2,4H2,1H3,(H2,7,8);;/q;+1;-1. The molecule has 0 aromatic heterocycles. The minimum atomic E-state index is -3.72. The zero-order chi connectivity index (χ0) is 9.61. The Balaban J connectivity index is -0.000000605. The molecule has 0 heterocycles. The fourth-order valence-electron chi connectivity index (χ4n) is 0.389. The second kappa shape index (κ2) is 8.10. The second-order valence-electron chi connectivity index (χ2n) is 2.02. The van der Waals surface area contributed by atoms with Crippen LogP contribution >= 0.6 is 0 Å². The molecule has 13 heavy (non-hydrogen) atoms. The van der Waals surface area contributed by atoms with Crippen LogP contribution in [-0.4, -0.2) is 20.9 Å². The van der Waals surface area contributed by atoms with E-state index in [1.807, 2.05) is 0 Å². The van der Waals surface area contributed by atoms with Crippen LogP contribution in [-0.2, 0) is 19.1 Å². The summed E-state index contributed by atoms with van der Waals surface area (Å²) in [5.74, 6) is -0.821. The van der Waals surface area contributed by atoms with Crippen molar-refractivity contribution < 1.29 is 70.2 Å². The molecule has 2 N–H and O–H groups in total. The Bertz CT molecular complexity index is 278. The molecule has 0 aromatic carbocycles. The normalized spacial score (nSPS) is 11.2. The number of rotatable bonds is 5. The Morgan fingerprint density at radius 2 is 2.15 bits per heavy atom. The number of nitrogens with two attached hydrogens (primary N) is 1. The van der Waals surface area contributed by atoms with Crippen molar-refractivity contribution in [1.82, 2.24) is 0 Å². The third-order valence-corrected chi connectivity index (χ3v) is 1.82. The van der Waals surface area contributed by atoms with Crippen molar-refractivity contribution in [2.24, 2.45) is 5.73 Å².